The maximum Gasteiger partial charge on any atom is 0.0515 e. The summed E-state index contributed by atoms with van der Waals surface area (Å²) in [4.78, 5) is 0. The van der Waals surface area contributed by atoms with Crippen molar-refractivity contribution >= 4 is 0 Å². The van der Waals surface area contributed by atoms with Crippen LogP contribution in [0.15, 0.2) is 18.2 Å². The van der Waals surface area contributed by atoms with E-state index in [0.29, 0.717) is 0 Å². The first-order valence-electron chi connectivity index (χ1n) is 4.84. The molecule has 0 saturated heterocycles. The minimum Gasteiger partial charge on any atom is -0.393 e. The van der Waals surface area contributed by atoms with Crippen LogP contribution in [0.3, 0.4) is 0 Å². The highest BCUT2D eigenvalue weighted by Crippen LogP contribution is 2.13. The van der Waals surface area contributed by atoms with Crippen LogP contribution in [0.2, 0.25) is 0 Å². The summed E-state index contributed by atoms with van der Waals surface area (Å²) in [5.41, 5.74) is 3.98. The molecule has 72 valence electrons. The third-order valence-electron chi connectivity index (χ3n) is 2.34. The summed E-state index contributed by atoms with van der Waals surface area (Å²) in [6, 6.07) is 6.48. The molecular weight excluding hydrogens is 160 g/mol. The van der Waals surface area contributed by atoms with Gasteiger partial charge in [-0.25, -0.2) is 0 Å². The average molecular weight is 178 g/mol. The van der Waals surface area contributed by atoms with Gasteiger partial charge in [0, 0.05) is 0 Å². The lowest BCUT2D eigenvalue weighted by Gasteiger charge is -2.08. The van der Waals surface area contributed by atoms with Gasteiger partial charge in [0.05, 0.1) is 6.10 Å². The molecule has 0 saturated carbocycles. The molecule has 0 heterocycles. The predicted molar refractivity (Wildman–Crippen MR) is 55.9 cm³/mol. The van der Waals surface area contributed by atoms with Gasteiger partial charge in [-0.2, -0.15) is 0 Å². The van der Waals surface area contributed by atoms with Gasteiger partial charge in [-0.05, 0) is 44.7 Å². The van der Waals surface area contributed by atoms with Crippen LogP contribution in [0, 0.1) is 13.8 Å². The van der Waals surface area contributed by atoms with Crippen LogP contribution in [0.25, 0.3) is 0 Å². The van der Waals surface area contributed by atoms with Crippen LogP contribution in [-0.2, 0) is 6.42 Å². The molecule has 0 bridgehead atoms. The Morgan fingerprint density at radius 1 is 1.31 bits per heavy atom. The summed E-state index contributed by atoms with van der Waals surface area (Å²) in [5.74, 6) is 0. The largest absolute Gasteiger partial charge is 0.393 e. The molecule has 1 unspecified atom stereocenters. The Labute approximate surface area is 80.4 Å². The molecule has 0 spiro atoms. The SMILES string of the molecule is Cc1ccc(C)c(CCC(C)O)c1. The number of benzene rings is 1. The highest BCUT2D eigenvalue weighted by molar-refractivity contribution is 5.30. The van der Waals surface area contributed by atoms with Gasteiger partial charge in [-0.3, -0.25) is 0 Å². The zero-order valence-electron chi connectivity index (χ0n) is 8.67. The van der Waals surface area contributed by atoms with Crippen molar-refractivity contribution in [2.24, 2.45) is 0 Å². The summed E-state index contributed by atoms with van der Waals surface area (Å²) < 4.78 is 0. The van der Waals surface area contributed by atoms with Crippen LogP contribution in [-0.4, -0.2) is 11.2 Å². The van der Waals surface area contributed by atoms with Gasteiger partial charge in [0.2, 0.25) is 0 Å². The van der Waals surface area contributed by atoms with Crippen molar-refractivity contribution in [3.05, 3.63) is 34.9 Å². The van der Waals surface area contributed by atoms with Gasteiger partial charge in [0.1, 0.15) is 0 Å². The van der Waals surface area contributed by atoms with Crippen LogP contribution in [0.1, 0.15) is 30.0 Å². The van der Waals surface area contributed by atoms with Gasteiger partial charge in [-0.1, -0.05) is 23.8 Å². The summed E-state index contributed by atoms with van der Waals surface area (Å²) >= 11 is 0. The van der Waals surface area contributed by atoms with Crippen molar-refractivity contribution < 1.29 is 5.11 Å². The van der Waals surface area contributed by atoms with E-state index in [1.165, 1.54) is 16.7 Å². The number of aryl methyl sites for hydroxylation is 3. The summed E-state index contributed by atoms with van der Waals surface area (Å²) in [5, 5.41) is 9.17. The molecule has 1 aromatic rings. The lowest BCUT2D eigenvalue weighted by Crippen LogP contribution is -2.02. The second kappa shape index (κ2) is 4.43. The van der Waals surface area contributed by atoms with Gasteiger partial charge in [0.25, 0.3) is 0 Å². The highest BCUT2D eigenvalue weighted by Gasteiger charge is 2.01. The molecule has 0 aliphatic rings. The van der Waals surface area contributed by atoms with E-state index in [4.69, 9.17) is 0 Å². The quantitative estimate of drug-likeness (QED) is 0.754. The lowest BCUT2D eigenvalue weighted by molar-refractivity contribution is 0.185. The zero-order chi connectivity index (χ0) is 9.84. The molecule has 1 nitrogen and oxygen atoms in total. The molecule has 0 aromatic heterocycles. The van der Waals surface area contributed by atoms with Crippen molar-refractivity contribution in [2.45, 2.75) is 39.7 Å². The van der Waals surface area contributed by atoms with Crippen LogP contribution >= 0.6 is 0 Å². The van der Waals surface area contributed by atoms with Crippen LogP contribution in [0.5, 0.6) is 0 Å². The van der Waals surface area contributed by atoms with E-state index in [1.54, 1.807) is 0 Å². The fourth-order valence-electron chi connectivity index (χ4n) is 1.43. The normalized spacial score (nSPS) is 12.9. The van der Waals surface area contributed by atoms with E-state index >= 15 is 0 Å². The molecule has 13 heavy (non-hydrogen) atoms. The first-order chi connectivity index (χ1) is 6.09. The monoisotopic (exact) mass is 178 g/mol. The molecule has 1 aromatic carbocycles. The molecule has 1 heteroatoms. The van der Waals surface area contributed by atoms with Crippen LogP contribution in [0.4, 0.5) is 0 Å². The predicted octanol–water partition coefficient (Wildman–Crippen LogP) is 2.62. The lowest BCUT2D eigenvalue weighted by atomic mass is 10.0. The van der Waals surface area contributed by atoms with Gasteiger partial charge in [0.15, 0.2) is 0 Å². The Bertz CT molecular complexity index is 276. The summed E-state index contributed by atoms with van der Waals surface area (Å²) in [6.45, 7) is 6.06. The number of aliphatic hydroxyl groups is 1. The van der Waals surface area contributed by atoms with E-state index in [-0.39, 0.29) is 6.10 Å². The van der Waals surface area contributed by atoms with Crippen molar-refractivity contribution in [1.82, 2.24) is 0 Å². The Hall–Kier alpha value is -0.820. The molecule has 0 radical (unpaired) electrons. The van der Waals surface area contributed by atoms with E-state index in [2.05, 4.69) is 32.0 Å². The van der Waals surface area contributed by atoms with Gasteiger partial charge in [-0.15, -0.1) is 0 Å². The molecule has 0 aliphatic heterocycles. The van der Waals surface area contributed by atoms with Crippen molar-refractivity contribution in [3.63, 3.8) is 0 Å². The smallest absolute Gasteiger partial charge is 0.0515 e. The fourth-order valence-corrected chi connectivity index (χ4v) is 1.43. The van der Waals surface area contributed by atoms with E-state index in [9.17, 15) is 5.11 Å². The van der Waals surface area contributed by atoms with Gasteiger partial charge >= 0.3 is 0 Å². The molecular formula is C12H18O. The van der Waals surface area contributed by atoms with Crippen molar-refractivity contribution in [2.75, 3.05) is 0 Å². The Morgan fingerprint density at radius 2 is 2.00 bits per heavy atom. The molecule has 1 rings (SSSR count). The molecule has 0 fully saturated rings. The Kier molecular flexibility index (Phi) is 3.49. The number of rotatable bonds is 3. The second-order valence-corrected chi connectivity index (χ2v) is 3.82. The highest BCUT2D eigenvalue weighted by atomic mass is 16.3. The van der Waals surface area contributed by atoms with Gasteiger partial charge < -0.3 is 5.11 Å². The summed E-state index contributed by atoms with van der Waals surface area (Å²) in [6.07, 6.45) is 1.63. The first-order valence-corrected chi connectivity index (χ1v) is 4.84. The fraction of sp³-hybridized carbons (Fsp3) is 0.500. The Balaban J connectivity index is 2.70. The average Bonchev–Trinajstić information content (AvgIpc) is 2.06. The first kappa shape index (κ1) is 10.3. The summed E-state index contributed by atoms with van der Waals surface area (Å²) in [7, 11) is 0. The van der Waals surface area contributed by atoms with E-state index in [1.807, 2.05) is 6.92 Å². The number of hydrogen-bond acceptors (Lipinski definition) is 1. The molecule has 1 atom stereocenters. The standard InChI is InChI=1S/C12H18O/c1-9-4-5-10(2)12(8-9)7-6-11(3)13/h4-5,8,11,13H,6-7H2,1-3H3. The molecule has 0 amide bonds. The topological polar surface area (TPSA) is 20.2 Å². The molecule has 1 N–H and O–H groups in total. The maximum absolute atomic E-state index is 9.17. The molecule has 0 aliphatic carbocycles. The Morgan fingerprint density at radius 3 is 2.62 bits per heavy atom. The zero-order valence-corrected chi connectivity index (χ0v) is 8.67. The van der Waals surface area contributed by atoms with Crippen molar-refractivity contribution in [1.29, 1.82) is 0 Å². The van der Waals surface area contributed by atoms with E-state index in [0.717, 1.165) is 12.8 Å². The van der Waals surface area contributed by atoms with Crippen LogP contribution < -0.4 is 0 Å². The van der Waals surface area contributed by atoms with Crippen molar-refractivity contribution in [3.8, 4) is 0 Å². The third kappa shape index (κ3) is 3.19. The maximum atomic E-state index is 9.17. The number of aliphatic hydroxyl groups excluding tert-OH is 1. The second-order valence-electron chi connectivity index (χ2n) is 3.82. The third-order valence-corrected chi connectivity index (χ3v) is 2.34. The minimum atomic E-state index is -0.195. The minimum absolute atomic E-state index is 0.195. The van der Waals surface area contributed by atoms with E-state index < -0.39 is 0 Å². The number of hydrogen-bond donors (Lipinski definition) is 1.